The topological polar surface area (TPSA) is 0 Å². The normalized spacial score (nSPS) is 9.92. The fraction of sp³-hybridized carbons (Fsp3) is 0.250. The number of aryl methyl sites for hydroxylation is 6. The lowest BCUT2D eigenvalue weighted by Crippen LogP contribution is -1.91. The van der Waals surface area contributed by atoms with Crippen molar-refractivity contribution in [1.82, 2.24) is 0 Å². The van der Waals surface area contributed by atoms with Crippen molar-refractivity contribution in [3.8, 4) is 0 Å². The maximum absolute atomic E-state index is 12.6. The van der Waals surface area contributed by atoms with Gasteiger partial charge < -0.3 is 0 Å². The van der Waals surface area contributed by atoms with E-state index in [1.54, 1.807) is 39.0 Å². The summed E-state index contributed by atoms with van der Waals surface area (Å²) in [6.07, 6.45) is 0. The Kier molecular flexibility index (Phi) is 12.9. The first kappa shape index (κ1) is 33.4. The molecule has 0 saturated carbocycles. The van der Waals surface area contributed by atoms with Gasteiger partial charge in [-0.3, -0.25) is 0 Å². The van der Waals surface area contributed by atoms with E-state index in [9.17, 15) is 30.7 Å². The van der Waals surface area contributed by atoms with Crippen LogP contribution in [0.25, 0.3) is 0 Å². The quantitative estimate of drug-likeness (QED) is 0.191. The van der Waals surface area contributed by atoms with E-state index in [2.05, 4.69) is 0 Å². The highest BCUT2D eigenvalue weighted by molar-refractivity contribution is 5.25. The van der Waals surface area contributed by atoms with Crippen LogP contribution in [0.2, 0.25) is 0 Å². The number of hydrogen-bond acceptors (Lipinski definition) is 0. The molecule has 0 aliphatic carbocycles. The highest BCUT2D eigenvalue weighted by atomic mass is 19.2. The first-order valence-corrected chi connectivity index (χ1v) is 12.0. The van der Waals surface area contributed by atoms with E-state index in [-0.39, 0.29) is 16.9 Å². The summed E-state index contributed by atoms with van der Waals surface area (Å²) in [5.74, 6) is -3.49. The lowest BCUT2D eigenvalue weighted by atomic mass is 10.1. The second-order valence-corrected chi connectivity index (χ2v) is 9.29. The van der Waals surface area contributed by atoms with Gasteiger partial charge in [-0.2, -0.15) is 0 Å². The van der Waals surface area contributed by atoms with Crippen LogP contribution in [-0.2, 0) is 0 Å². The van der Waals surface area contributed by atoms with Crippen LogP contribution in [0.15, 0.2) is 54.6 Å². The molecule has 0 unspecified atom stereocenters. The highest BCUT2D eigenvalue weighted by Gasteiger charge is 2.06. The second-order valence-electron chi connectivity index (χ2n) is 9.29. The van der Waals surface area contributed by atoms with E-state index in [4.69, 9.17) is 0 Å². The van der Waals surface area contributed by atoms with Crippen molar-refractivity contribution in [3.05, 3.63) is 140 Å². The lowest BCUT2D eigenvalue weighted by Gasteiger charge is -1.99. The summed E-state index contributed by atoms with van der Waals surface area (Å²) in [4.78, 5) is 0. The largest absolute Gasteiger partial charge is 0.207 e. The fourth-order valence-corrected chi connectivity index (χ4v) is 2.98. The third kappa shape index (κ3) is 10.6. The molecule has 0 aliphatic rings. The summed E-state index contributed by atoms with van der Waals surface area (Å²) in [5.41, 5.74) is 3.78. The molecule has 0 amide bonds. The standard InChI is InChI=1S/3C8H8F2.C8H9F/c2*1-5-3-7(9)6(2)8(10)4-5;1-5-3-4-6(2)8(10)7(5)9;1-6-3-4-7(2)8(9)5-6/h3*3-4H,1-2H3;3-5H,1-2H3. The molecule has 0 bridgehead atoms. The molecule has 4 aromatic carbocycles. The minimum Gasteiger partial charge on any atom is -0.207 e. The van der Waals surface area contributed by atoms with Crippen LogP contribution in [0.4, 0.5) is 30.7 Å². The van der Waals surface area contributed by atoms with Gasteiger partial charge in [0.05, 0.1) is 0 Å². The van der Waals surface area contributed by atoms with Gasteiger partial charge in [-0.1, -0.05) is 24.3 Å². The average molecular weight is 551 g/mol. The van der Waals surface area contributed by atoms with Gasteiger partial charge in [0, 0.05) is 11.1 Å². The van der Waals surface area contributed by atoms with Crippen molar-refractivity contribution in [3.63, 3.8) is 0 Å². The van der Waals surface area contributed by atoms with Crippen molar-refractivity contribution in [2.24, 2.45) is 0 Å². The first-order valence-electron chi connectivity index (χ1n) is 12.0. The van der Waals surface area contributed by atoms with Crippen LogP contribution >= 0.6 is 0 Å². The van der Waals surface area contributed by atoms with E-state index in [0.29, 0.717) is 27.8 Å². The van der Waals surface area contributed by atoms with Crippen molar-refractivity contribution in [2.75, 3.05) is 0 Å². The molecular formula is C32H33F7. The summed E-state index contributed by atoms with van der Waals surface area (Å²) >= 11 is 0. The van der Waals surface area contributed by atoms with Crippen LogP contribution in [0.3, 0.4) is 0 Å². The van der Waals surface area contributed by atoms with Gasteiger partial charge in [0.25, 0.3) is 0 Å². The average Bonchev–Trinajstić information content (AvgIpc) is 2.85. The number of benzene rings is 4. The van der Waals surface area contributed by atoms with Crippen LogP contribution in [0.5, 0.6) is 0 Å². The van der Waals surface area contributed by atoms with Gasteiger partial charge >= 0.3 is 0 Å². The Bertz CT molecular complexity index is 1280. The molecule has 0 heterocycles. The highest BCUT2D eigenvalue weighted by Crippen LogP contribution is 2.15. The Morgan fingerprint density at radius 3 is 0.897 bits per heavy atom. The minimum atomic E-state index is -0.736. The number of rotatable bonds is 0. The zero-order chi connectivity index (χ0) is 30.0. The smallest absolute Gasteiger partial charge is 0.161 e. The summed E-state index contributed by atoms with van der Waals surface area (Å²) in [6.45, 7) is 12.9. The number of halogens is 7. The van der Waals surface area contributed by atoms with Crippen molar-refractivity contribution in [1.29, 1.82) is 0 Å². The monoisotopic (exact) mass is 550 g/mol. The minimum absolute atomic E-state index is 0.0885. The summed E-state index contributed by atoms with van der Waals surface area (Å²) < 4.78 is 88.2. The van der Waals surface area contributed by atoms with E-state index < -0.39 is 34.9 Å². The fourth-order valence-electron chi connectivity index (χ4n) is 2.98. The molecule has 0 spiro atoms. The van der Waals surface area contributed by atoms with Crippen LogP contribution in [0, 0.1) is 96.1 Å². The third-order valence-corrected chi connectivity index (χ3v) is 5.65. The molecule has 4 rings (SSSR count). The van der Waals surface area contributed by atoms with Crippen molar-refractivity contribution < 1.29 is 30.7 Å². The summed E-state index contributed by atoms with van der Waals surface area (Å²) in [5, 5.41) is 0. The summed E-state index contributed by atoms with van der Waals surface area (Å²) in [7, 11) is 0. The Balaban J connectivity index is 0.000000260. The molecule has 0 fully saturated rings. The molecule has 0 nitrogen and oxygen atoms in total. The van der Waals surface area contributed by atoms with E-state index in [1.165, 1.54) is 58.0 Å². The molecule has 0 aliphatic heterocycles. The SMILES string of the molecule is Cc1cc(F)c(C)c(F)c1.Cc1cc(F)c(C)c(F)c1.Cc1ccc(C)c(F)c1.Cc1ccc(C)c(F)c1F. The van der Waals surface area contributed by atoms with Gasteiger partial charge in [0.2, 0.25) is 0 Å². The van der Waals surface area contributed by atoms with Gasteiger partial charge in [0.15, 0.2) is 11.6 Å². The molecule has 4 aromatic rings. The Morgan fingerprint density at radius 1 is 0.333 bits per heavy atom. The maximum atomic E-state index is 12.6. The van der Waals surface area contributed by atoms with Crippen molar-refractivity contribution >= 4 is 0 Å². The van der Waals surface area contributed by atoms with E-state index in [1.807, 2.05) is 13.0 Å². The molecule has 7 heteroatoms. The zero-order valence-electron chi connectivity index (χ0n) is 23.3. The van der Waals surface area contributed by atoms with Gasteiger partial charge in [-0.15, -0.1) is 0 Å². The Hall–Kier alpha value is -3.61. The molecule has 0 aromatic heterocycles. The molecule has 39 heavy (non-hydrogen) atoms. The predicted molar refractivity (Wildman–Crippen MR) is 143 cm³/mol. The van der Waals surface area contributed by atoms with E-state index in [0.717, 1.165) is 5.56 Å². The number of hydrogen-bond donors (Lipinski definition) is 0. The van der Waals surface area contributed by atoms with E-state index >= 15 is 0 Å². The Morgan fingerprint density at radius 2 is 0.615 bits per heavy atom. The molecule has 0 saturated heterocycles. The van der Waals surface area contributed by atoms with Gasteiger partial charge in [-0.05, 0) is 119 Å². The van der Waals surface area contributed by atoms with Crippen molar-refractivity contribution in [2.45, 2.75) is 55.4 Å². The zero-order valence-corrected chi connectivity index (χ0v) is 23.3. The molecular weight excluding hydrogens is 517 g/mol. The second kappa shape index (κ2) is 15.1. The summed E-state index contributed by atoms with van der Waals surface area (Å²) in [6, 6.07) is 13.6. The lowest BCUT2D eigenvalue weighted by molar-refractivity contribution is 0.497. The maximum Gasteiger partial charge on any atom is 0.161 e. The van der Waals surface area contributed by atoms with Crippen LogP contribution in [0.1, 0.15) is 44.5 Å². The molecule has 0 atom stereocenters. The van der Waals surface area contributed by atoms with Crippen LogP contribution in [-0.4, -0.2) is 0 Å². The third-order valence-electron chi connectivity index (χ3n) is 5.65. The van der Waals surface area contributed by atoms with Gasteiger partial charge in [-0.25, -0.2) is 30.7 Å². The molecule has 0 N–H and O–H groups in total. The predicted octanol–water partition coefficient (Wildman–Crippen LogP) is 10.2. The first-order chi connectivity index (χ1) is 18.0. The molecule has 210 valence electrons. The van der Waals surface area contributed by atoms with Gasteiger partial charge in [0.1, 0.15) is 29.1 Å². The Labute approximate surface area is 226 Å². The van der Waals surface area contributed by atoms with Crippen LogP contribution < -0.4 is 0 Å². The molecule has 0 radical (unpaired) electrons.